The van der Waals surface area contributed by atoms with Crippen molar-refractivity contribution < 1.29 is 40.2 Å². The van der Waals surface area contributed by atoms with Crippen LogP contribution < -0.4 is 4.74 Å². The Balaban J connectivity index is 0.00000261. The molecule has 1 aliphatic rings. The highest BCUT2D eigenvalue weighted by atomic mass is 16.7. The van der Waals surface area contributed by atoms with Crippen molar-refractivity contribution in [1.82, 2.24) is 0 Å². The minimum Gasteiger partial charge on any atom is -0.462 e. The first-order chi connectivity index (χ1) is 12.5. The third kappa shape index (κ3) is 4.51. The molecule has 1 fully saturated rings. The first-order valence-electron chi connectivity index (χ1n) is 8.18. The molecule has 146 valence electrons. The highest BCUT2D eigenvalue weighted by Crippen LogP contribution is 2.24. The molecule has 5 atom stereocenters. The van der Waals surface area contributed by atoms with Crippen LogP contribution in [0.1, 0.15) is 15.9 Å². The van der Waals surface area contributed by atoms with Gasteiger partial charge in [0.1, 0.15) is 30.2 Å². The van der Waals surface area contributed by atoms with Crippen LogP contribution in [0.15, 0.2) is 54.6 Å². The number of benzene rings is 2. The molecule has 0 aromatic heterocycles. The normalized spacial score (nSPS) is 27.5. The maximum absolute atomic E-state index is 12.4. The smallest absolute Gasteiger partial charge is 0.229 e. The molecular weight excluding hydrogens is 356 g/mol. The van der Waals surface area contributed by atoms with E-state index >= 15 is 0 Å². The van der Waals surface area contributed by atoms with Gasteiger partial charge in [-0.2, -0.15) is 0 Å². The van der Waals surface area contributed by atoms with E-state index in [0.29, 0.717) is 16.9 Å². The number of hydrogen-bond acceptors (Lipinski definition) is 7. The van der Waals surface area contributed by atoms with Crippen LogP contribution in [-0.4, -0.2) is 69.0 Å². The zero-order valence-corrected chi connectivity index (χ0v) is 14.3. The van der Waals surface area contributed by atoms with Crippen molar-refractivity contribution in [1.29, 1.82) is 0 Å². The molecule has 0 aliphatic carbocycles. The highest BCUT2D eigenvalue weighted by Gasteiger charge is 2.44. The van der Waals surface area contributed by atoms with Crippen molar-refractivity contribution in [3.05, 3.63) is 65.7 Å². The summed E-state index contributed by atoms with van der Waals surface area (Å²) in [7, 11) is 0. The van der Waals surface area contributed by atoms with Crippen LogP contribution in [0.5, 0.6) is 5.75 Å². The predicted molar refractivity (Wildman–Crippen MR) is 94.3 cm³/mol. The first kappa shape index (κ1) is 21.0. The second-order valence-electron chi connectivity index (χ2n) is 6.03. The number of rotatable bonds is 5. The summed E-state index contributed by atoms with van der Waals surface area (Å²) in [5.41, 5.74) is 1.03. The van der Waals surface area contributed by atoms with Gasteiger partial charge in [0.25, 0.3) is 0 Å². The van der Waals surface area contributed by atoms with Gasteiger partial charge in [-0.25, -0.2) is 0 Å². The molecular formula is C19H22O8. The molecule has 2 aromatic rings. The summed E-state index contributed by atoms with van der Waals surface area (Å²) in [5, 5.41) is 38.7. The van der Waals surface area contributed by atoms with Gasteiger partial charge in [-0.3, -0.25) is 4.79 Å². The van der Waals surface area contributed by atoms with Crippen LogP contribution in [0.2, 0.25) is 0 Å². The number of ether oxygens (including phenoxy) is 2. The zero-order valence-electron chi connectivity index (χ0n) is 14.3. The molecule has 27 heavy (non-hydrogen) atoms. The molecule has 0 bridgehead atoms. The lowest BCUT2D eigenvalue weighted by Gasteiger charge is -2.39. The number of carbonyl (C=O) groups excluding carboxylic acids is 1. The number of ketones is 1. The molecule has 1 saturated heterocycles. The van der Waals surface area contributed by atoms with Crippen LogP contribution in [0, 0.1) is 0 Å². The van der Waals surface area contributed by atoms with E-state index in [9.17, 15) is 25.2 Å². The summed E-state index contributed by atoms with van der Waals surface area (Å²) in [6.07, 6.45) is -6.75. The quantitative estimate of drug-likeness (QED) is 0.501. The fraction of sp³-hybridized carbons (Fsp3) is 0.316. The average molecular weight is 378 g/mol. The molecule has 0 amide bonds. The Bertz CT molecular complexity index is 731. The van der Waals surface area contributed by atoms with Crippen molar-refractivity contribution in [3.63, 3.8) is 0 Å². The Kier molecular flexibility index (Phi) is 7.03. The van der Waals surface area contributed by atoms with Gasteiger partial charge in [0, 0.05) is 11.1 Å². The van der Waals surface area contributed by atoms with Crippen molar-refractivity contribution in [2.24, 2.45) is 0 Å². The van der Waals surface area contributed by atoms with Gasteiger partial charge in [0.2, 0.25) is 6.29 Å². The van der Waals surface area contributed by atoms with Gasteiger partial charge in [-0.15, -0.1) is 0 Å². The van der Waals surface area contributed by atoms with E-state index in [1.165, 1.54) is 12.1 Å². The summed E-state index contributed by atoms with van der Waals surface area (Å²) < 4.78 is 10.8. The Morgan fingerprint density at radius 2 is 1.48 bits per heavy atom. The Hall–Kier alpha value is -2.33. The molecule has 1 heterocycles. The van der Waals surface area contributed by atoms with Crippen molar-refractivity contribution in [3.8, 4) is 5.75 Å². The largest absolute Gasteiger partial charge is 0.462 e. The highest BCUT2D eigenvalue weighted by molar-refractivity contribution is 6.08. The zero-order chi connectivity index (χ0) is 18.7. The third-order valence-electron chi connectivity index (χ3n) is 4.25. The number of aliphatic hydroxyl groups is 4. The Morgan fingerprint density at radius 3 is 2.07 bits per heavy atom. The summed E-state index contributed by atoms with van der Waals surface area (Å²) in [4.78, 5) is 12.4. The standard InChI is InChI=1S/C19H20O7.H2O/c20-10-14-16(22)17(23)18(24)19(26-14)25-13-8-6-12(7-9-13)15(21)11-4-2-1-3-5-11;/h1-9,14,16-20,22-24H,10H2;1H2/t14-,16-,17+,18-,19-;/m1./s1. The predicted octanol–water partition coefficient (Wildman–Crippen LogP) is -0.728. The molecule has 3 rings (SSSR count). The van der Waals surface area contributed by atoms with Crippen LogP contribution >= 0.6 is 0 Å². The van der Waals surface area contributed by atoms with Gasteiger partial charge in [-0.1, -0.05) is 30.3 Å². The second kappa shape index (κ2) is 9.05. The molecule has 6 N–H and O–H groups in total. The van der Waals surface area contributed by atoms with Crippen molar-refractivity contribution in [2.45, 2.75) is 30.7 Å². The summed E-state index contributed by atoms with van der Waals surface area (Å²) in [5.74, 6) is 0.170. The molecule has 0 radical (unpaired) electrons. The van der Waals surface area contributed by atoms with Crippen LogP contribution in [0.4, 0.5) is 0 Å². The summed E-state index contributed by atoms with van der Waals surface area (Å²) >= 11 is 0. The Morgan fingerprint density at radius 1 is 0.889 bits per heavy atom. The number of carbonyl (C=O) groups is 1. The van der Waals surface area contributed by atoms with Crippen LogP contribution in [-0.2, 0) is 4.74 Å². The lowest BCUT2D eigenvalue weighted by molar-refractivity contribution is -0.277. The van der Waals surface area contributed by atoms with E-state index in [1.807, 2.05) is 6.07 Å². The minimum atomic E-state index is -1.51. The molecule has 0 saturated carbocycles. The van der Waals surface area contributed by atoms with E-state index in [1.54, 1.807) is 36.4 Å². The van der Waals surface area contributed by atoms with Crippen LogP contribution in [0.25, 0.3) is 0 Å². The van der Waals surface area contributed by atoms with E-state index in [4.69, 9.17) is 9.47 Å². The van der Waals surface area contributed by atoms with Gasteiger partial charge < -0.3 is 35.4 Å². The molecule has 8 heteroatoms. The van der Waals surface area contributed by atoms with Crippen molar-refractivity contribution in [2.75, 3.05) is 6.61 Å². The van der Waals surface area contributed by atoms with Gasteiger partial charge in [0.15, 0.2) is 5.78 Å². The fourth-order valence-corrected chi connectivity index (χ4v) is 2.74. The summed E-state index contributed by atoms with van der Waals surface area (Å²) in [6, 6.07) is 15.1. The topological polar surface area (TPSA) is 148 Å². The summed E-state index contributed by atoms with van der Waals surface area (Å²) in [6.45, 7) is -0.532. The van der Waals surface area contributed by atoms with E-state index in [2.05, 4.69) is 0 Å². The molecule has 0 spiro atoms. The monoisotopic (exact) mass is 378 g/mol. The fourth-order valence-electron chi connectivity index (χ4n) is 2.74. The van der Waals surface area contributed by atoms with Gasteiger partial charge >= 0.3 is 0 Å². The first-order valence-corrected chi connectivity index (χ1v) is 8.18. The lowest BCUT2D eigenvalue weighted by atomic mass is 9.99. The minimum absolute atomic E-state index is 0. The second-order valence-corrected chi connectivity index (χ2v) is 6.03. The maximum Gasteiger partial charge on any atom is 0.229 e. The molecule has 8 nitrogen and oxygen atoms in total. The lowest BCUT2D eigenvalue weighted by Crippen LogP contribution is -2.60. The van der Waals surface area contributed by atoms with E-state index in [0.717, 1.165) is 0 Å². The number of aliphatic hydroxyl groups excluding tert-OH is 4. The molecule has 0 unspecified atom stereocenters. The van der Waals surface area contributed by atoms with E-state index < -0.39 is 37.3 Å². The van der Waals surface area contributed by atoms with Crippen molar-refractivity contribution >= 4 is 5.78 Å². The molecule has 2 aromatic carbocycles. The van der Waals surface area contributed by atoms with Gasteiger partial charge in [-0.05, 0) is 24.3 Å². The third-order valence-corrected chi connectivity index (χ3v) is 4.25. The van der Waals surface area contributed by atoms with Gasteiger partial charge in [0.05, 0.1) is 6.61 Å². The SMILES string of the molecule is O.O=C(c1ccccc1)c1ccc(O[C@@H]2O[C@H](CO)[C@@H](O)[C@H](O)[C@H]2O)cc1. The van der Waals surface area contributed by atoms with Crippen LogP contribution in [0.3, 0.4) is 0 Å². The average Bonchev–Trinajstić information content (AvgIpc) is 2.69. The van der Waals surface area contributed by atoms with E-state index in [-0.39, 0.29) is 11.3 Å². The number of hydrogen-bond donors (Lipinski definition) is 4. The Labute approximate surface area is 155 Å². The molecule has 1 aliphatic heterocycles. The maximum atomic E-state index is 12.4.